The molecule has 5 atom stereocenters. The van der Waals surface area contributed by atoms with Gasteiger partial charge in [0.15, 0.2) is 12.2 Å². The van der Waals surface area contributed by atoms with E-state index in [2.05, 4.69) is 5.32 Å². The minimum Gasteiger partial charge on any atom is -0.463 e. The predicted octanol–water partition coefficient (Wildman–Crippen LogP) is -0.0142. The molecule has 1 saturated heterocycles. The first-order valence-corrected chi connectivity index (χ1v) is 9.15. The van der Waals surface area contributed by atoms with Gasteiger partial charge in [-0.15, -0.1) is 0 Å². The summed E-state index contributed by atoms with van der Waals surface area (Å²) < 4.78 is 26.4. The van der Waals surface area contributed by atoms with Crippen LogP contribution in [0.2, 0.25) is 0 Å². The van der Waals surface area contributed by atoms with Crippen LogP contribution < -0.4 is 5.32 Å². The van der Waals surface area contributed by atoms with Crippen LogP contribution in [0.15, 0.2) is 0 Å². The number of hydrogen-bond donors (Lipinski definition) is 1. The molecule has 0 bridgehead atoms. The van der Waals surface area contributed by atoms with Gasteiger partial charge < -0.3 is 29.0 Å². The van der Waals surface area contributed by atoms with Crippen LogP contribution in [0.1, 0.15) is 47.5 Å². The average Bonchev–Trinajstić information content (AvgIpc) is 2.57. The Labute approximate surface area is 168 Å². The second kappa shape index (κ2) is 11.3. The molecule has 1 rings (SSSR count). The van der Waals surface area contributed by atoms with E-state index in [0.717, 1.165) is 20.8 Å². The van der Waals surface area contributed by atoms with E-state index in [1.165, 1.54) is 6.92 Å². The van der Waals surface area contributed by atoms with Gasteiger partial charge in [-0.3, -0.25) is 24.0 Å². The van der Waals surface area contributed by atoms with E-state index in [4.69, 9.17) is 23.7 Å². The van der Waals surface area contributed by atoms with Crippen LogP contribution in [0, 0.1) is 0 Å². The molecule has 1 heterocycles. The summed E-state index contributed by atoms with van der Waals surface area (Å²) in [6, 6.07) is -1.16. The molecule has 0 radical (unpaired) electrons. The molecule has 0 spiro atoms. The number of ether oxygens (including phenoxy) is 5. The van der Waals surface area contributed by atoms with Crippen molar-refractivity contribution in [3.63, 3.8) is 0 Å². The fourth-order valence-electron chi connectivity index (χ4n) is 2.81. The second-order valence-electron chi connectivity index (χ2n) is 6.46. The second-order valence-corrected chi connectivity index (χ2v) is 6.46. The van der Waals surface area contributed by atoms with Crippen LogP contribution in [0.4, 0.5) is 0 Å². The lowest BCUT2D eigenvalue weighted by atomic mass is 9.96. The predicted molar refractivity (Wildman–Crippen MR) is 95.0 cm³/mol. The molecule has 1 unspecified atom stereocenters. The fraction of sp³-hybridized carbons (Fsp3) is 0.722. The molecule has 1 aliphatic rings. The molecule has 1 fully saturated rings. The van der Waals surface area contributed by atoms with E-state index in [9.17, 15) is 24.0 Å². The summed E-state index contributed by atoms with van der Waals surface area (Å²) in [7, 11) is 0. The zero-order chi connectivity index (χ0) is 22.1. The largest absolute Gasteiger partial charge is 0.463 e. The van der Waals surface area contributed by atoms with Crippen molar-refractivity contribution in [3.8, 4) is 0 Å². The lowest BCUT2D eigenvalue weighted by molar-refractivity contribution is -0.271. The SMILES string of the molecule is CCCC(=O)OC[C@H]1OC(OC(C)=O)[C@@H](NC(C)=O)[C@@H](OC(C)=O)[C@@H]1OC(C)=O. The zero-order valence-electron chi connectivity index (χ0n) is 17.1. The minimum atomic E-state index is -1.37. The Morgan fingerprint density at radius 1 is 0.862 bits per heavy atom. The third kappa shape index (κ3) is 8.06. The van der Waals surface area contributed by atoms with Crippen molar-refractivity contribution in [2.45, 2.75) is 78.1 Å². The summed E-state index contributed by atoms with van der Waals surface area (Å²) in [5.41, 5.74) is 0. The minimum absolute atomic E-state index is 0.167. The Morgan fingerprint density at radius 2 is 1.41 bits per heavy atom. The van der Waals surface area contributed by atoms with Crippen molar-refractivity contribution in [1.82, 2.24) is 5.32 Å². The number of amides is 1. The third-order valence-corrected chi connectivity index (χ3v) is 3.77. The Balaban J connectivity index is 3.24. The number of nitrogens with one attached hydrogen (secondary N) is 1. The van der Waals surface area contributed by atoms with Gasteiger partial charge in [0, 0.05) is 34.1 Å². The van der Waals surface area contributed by atoms with E-state index < -0.39 is 60.4 Å². The number of hydrogen-bond acceptors (Lipinski definition) is 10. The maximum absolute atomic E-state index is 11.7. The zero-order valence-corrected chi connectivity index (χ0v) is 17.1. The number of esters is 4. The number of rotatable bonds is 8. The Bertz CT molecular complexity index is 634. The van der Waals surface area contributed by atoms with Crippen molar-refractivity contribution < 1.29 is 47.7 Å². The molecular formula is C18H27NO10. The van der Waals surface area contributed by atoms with E-state index in [-0.39, 0.29) is 13.0 Å². The maximum Gasteiger partial charge on any atom is 0.305 e. The van der Waals surface area contributed by atoms with Gasteiger partial charge >= 0.3 is 23.9 Å². The van der Waals surface area contributed by atoms with E-state index in [0.29, 0.717) is 6.42 Å². The van der Waals surface area contributed by atoms with Gasteiger partial charge in [0.25, 0.3) is 0 Å². The van der Waals surface area contributed by atoms with E-state index in [1.54, 1.807) is 6.92 Å². The summed E-state index contributed by atoms with van der Waals surface area (Å²) in [4.78, 5) is 58.1. The van der Waals surface area contributed by atoms with Crippen LogP contribution in [-0.4, -0.2) is 67.0 Å². The van der Waals surface area contributed by atoms with Crippen LogP contribution >= 0.6 is 0 Å². The normalized spacial score (nSPS) is 26.0. The number of carbonyl (C=O) groups excluding carboxylic acids is 5. The molecule has 1 amide bonds. The highest BCUT2D eigenvalue weighted by molar-refractivity contribution is 5.74. The lowest BCUT2D eigenvalue weighted by Crippen LogP contribution is -2.66. The summed E-state index contributed by atoms with van der Waals surface area (Å²) in [6.07, 6.45) is -4.24. The molecule has 0 aromatic carbocycles. The molecule has 0 aliphatic carbocycles. The van der Waals surface area contributed by atoms with Gasteiger partial charge in [0.05, 0.1) is 0 Å². The molecule has 11 nitrogen and oxygen atoms in total. The molecule has 1 N–H and O–H groups in total. The van der Waals surface area contributed by atoms with Gasteiger partial charge in [0.1, 0.15) is 18.8 Å². The van der Waals surface area contributed by atoms with Crippen LogP contribution in [-0.2, 0) is 47.7 Å². The summed E-state index contributed by atoms with van der Waals surface area (Å²) in [5, 5.41) is 2.48. The van der Waals surface area contributed by atoms with Crippen LogP contribution in [0.25, 0.3) is 0 Å². The van der Waals surface area contributed by atoms with Crippen molar-refractivity contribution in [3.05, 3.63) is 0 Å². The molecule has 11 heteroatoms. The first kappa shape index (κ1) is 24.3. The molecule has 0 aromatic heterocycles. The summed E-state index contributed by atoms with van der Waals surface area (Å²) in [6.45, 7) is 6.04. The van der Waals surface area contributed by atoms with E-state index >= 15 is 0 Å². The molecule has 164 valence electrons. The fourth-order valence-corrected chi connectivity index (χ4v) is 2.81. The van der Waals surface area contributed by atoms with Crippen molar-refractivity contribution in [2.75, 3.05) is 6.61 Å². The van der Waals surface area contributed by atoms with Gasteiger partial charge in [-0.25, -0.2) is 0 Å². The van der Waals surface area contributed by atoms with Crippen LogP contribution in [0.3, 0.4) is 0 Å². The Kier molecular flexibility index (Phi) is 9.53. The van der Waals surface area contributed by atoms with Crippen molar-refractivity contribution >= 4 is 29.8 Å². The highest BCUT2D eigenvalue weighted by Gasteiger charge is 2.52. The Morgan fingerprint density at radius 3 is 1.90 bits per heavy atom. The number of carbonyl (C=O) groups is 5. The molecule has 0 aromatic rings. The first-order chi connectivity index (χ1) is 13.5. The van der Waals surface area contributed by atoms with Gasteiger partial charge in [-0.2, -0.15) is 0 Å². The third-order valence-electron chi connectivity index (χ3n) is 3.77. The Hall–Kier alpha value is -2.69. The summed E-state index contributed by atoms with van der Waals surface area (Å²) >= 11 is 0. The highest BCUT2D eigenvalue weighted by Crippen LogP contribution is 2.28. The molecule has 1 aliphatic heterocycles. The van der Waals surface area contributed by atoms with E-state index in [1.807, 2.05) is 0 Å². The van der Waals surface area contributed by atoms with Crippen molar-refractivity contribution in [2.24, 2.45) is 0 Å². The molecule has 29 heavy (non-hydrogen) atoms. The molecular weight excluding hydrogens is 390 g/mol. The smallest absolute Gasteiger partial charge is 0.305 e. The topological polar surface area (TPSA) is 144 Å². The van der Waals surface area contributed by atoms with Gasteiger partial charge in [-0.05, 0) is 6.42 Å². The summed E-state index contributed by atoms with van der Waals surface area (Å²) in [5.74, 6) is -3.20. The first-order valence-electron chi connectivity index (χ1n) is 9.15. The quantitative estimate of drug-likeness (QED) is 0.423. The monoisotopic (exact) mass is 417 g/mol. The molecule has 0 saturated carbocycles. The maximum atomic E-state index is 11.7. The van der Waals surface area contributed by atoms with Gasteiger partial charge in [-0.1, -0.05) is 6.92 Å². The van der Waals surface area contributed by atoms with Crippen LogP contribution in [0.5, 0.6) is 0 Å². The van der Waals surface area contributed by atoms with Crippen molar-refractivity contribution in [1.29, 1.82) is 0 Å². The average molecular weight is 417 g/mol. The standard InChI is InChI=1S/C18H27NO10/c1-6-7-14(24)25-8-13-16(26-10(3)21)17(27-11(4)22)15(19-9(2)20)18(29-13)28-12(5)23/h13,15-18H,6-8H2,1-5H3,(H,19,20)/t13-,15+,16-,17-,18?/m1/s1. The highest BCUT2D eigenvalue weighted by atomic mass is 16.7. The lowest BCUT2D eigenvalue weighted by Gasteiger charge is -2.44. The van der Waals surface area contributed by atoms with Gasteiger partial charge in [0.2, 0.25) is 12.2 Å².